The Morgan fingerprint density at radius 3 is 2.68 bits per heavy atom. The SMILES string of the molecule is Cc1cscc1-c1[nH]nc(N)c1-c1ccccc1Br. The summed E-state index contributed by atoms with van der Waals surface area (Å²) in [5.74, 6) is 0.521. The number of thiophene rings is 1. The number of hydrogen-bond donors (Lipinski definition) is 2. The summed E-state index contributed by atoms with van der Waals surface area (Å²) in [6.45, 7) is 2.09. The topological polar surface area (TPSA) is 54.7 Å². The molecule has 3 aromatic rings. The Labute approximate surface area is 123 Å². The van der Waals surface area contributed by atoms with Gasteiger partial charge in [-0.25, -0.2) is 0 Å². The molecule has 1 aromatic carbocycles. The fourth-order valence-electron chi connectivity index (χ4n) is 2.10. The first-order chi connectivity index (χ1) is 9.18. The first-order valence-electron chi connectivity index (χ1n) is 5.80. The highest BCUT2D eigenvalue weighted by molar-refractivity contribution is 9.10. The van der Waals surface area contributed by atoms with Crippen LogP contribution >= 0.6 is 27.3 Å². The fourth-order valence-corrected chi connectivity index (χ4v) is 3.43. The number of benzene rings is 1. The summed E-state index contributed by atoms with van der Waals surface area (Å²) in [6.07, 6.45) is 0. The largest absolute Gasteiger partial charge is 0.382 e. The van der Waals surface area contributed by atoms with Gasteiger partial charge in [-0.15, -0.1) is 0 Å². The molecule has 3 rings (SSSR count). The zero-order valence-corrected chi connectivity index (χ0v) is 12.7. The van der Waals surface area contributed by atoms with Gasteiger partial charge >= 0.3 is 0 Å². The van der Waals surface area contributed by atoms with Crippen molar-refractivity contribution in [2.24, 2.45) is 0 Å². The van der Waals surface area contributed by atoms with Crippen molar-refractivity contribution in [2.75, 3.05) is 5.73 Å². The normalized spacial score (nSPS) is 10.8. The second kappa shape index (κ2) is 4.83. The summed E-state index contributed by atoms with van der Waals surface area (Å²) in [6, 6.07) is 8.03. The van der Waals surface area contributed by atoms with Gasteiger partial charge in [0.15, 0.2) is 5.82 Å². The van der Waals surface area contributed by atoms with Crippen molar-refractivity contribution in [3.63, 3.8) is 0 Å². The predicted molar refractivity (Wildman–Crippen MR) is 84.2 cm³/mol. The van der Waals surface area contributed by atoms with E-state index in [9.17, 15) is 0 Å². The van der Waals surface area contributed by atoms with Crippen LogP contribution in [0.3, 0.4) is 0 Å². The molecule has 0 aliphatic carbocycles. The Kier molecular flexibility index (Phi) is 3.16. The second-order valence-corrected chi connectivity index (χ2v) is 5.91. The molecule has 0 spiro atoms. The third-order valence-electron chi connectivity index (χ3n) is 3.06. The molecule has 96 valence electrons. The number of nitrogen functional groups attached to an aromatic ring is 1. The standard InChI is InChI=1S/C14H12BrN3S/c1-8-6-19-7-10(8)13-12(14(16)18-17-13)9-4-2-3-5-11(9)15/h2-7H,1H3,(H3,16,17,18). The van der Waals surface area contributed by atoms with Gasteiger partial charge in [0.25, 0.3) is 0 Å². The molecule has 3 nitrogen and oxygen atoms in total. The van der Waals surface area contributed by atoms with Crippen molar-refractivity contribution >= 4 is 33.1 Å². The summed E-state index contributed by atoms with van der Waals surface area (Å²) in [4.78, 5) is 0. The first-order valence-corrected chi connectivity index (χ1v) is 7.54. The zero-order chi connectivity index (χ0) is 13.4. The number of aromatic amines is 1. The van der Waals surface area contributed by atoms with Crippen LogP contribution in [0.1, 0.15) is 5.56 Å². The third-order valence-corrected chi connectivity index (χ3v) is 4.62. The van der Waals surface area contributed by atoms with Gasteiger partial charge in [-0.2, -0.15) is 16.4 Å². The van der Waals surface area contributed by atoms with Gasteiger partial charge in [0.05, 0.1) is 11.3 Å². The van der Waals surface area contributed by atoms with E-state index in [0.29, 0.717) is 5.82 Å². The van der Waals surface area contributed by atoms with Crippen molar-refractivity contribution in [3.8, 4) is 22.4 Å². The Morgan fingerprint density at radius 1 is 1.21 bits per heavy atom. The molecule has 5 heteroatoms. The number of hydrogen-bond acceptors (Lipinski definition) is 3. The molecule has 0 fully saturated rings. The maximum atomic E-state index is 6.04. The van der Waals surface area contributed by atoms with Gasteiger partial charge < -0.3 is 5.73 Å². The van der Waals surface area contributed by atoms with Crippen molar-refractivity contribution in [1.82, 2.24) is 10.2 Å². The van der Waals surface area contributed by atoms with E-state index in [2.05, 4.69) is 43.8 Å². The summed E-state index contributed by atoms with van der Waals surface area (Å²) in [7, 11) is 0. The Hall–Kier alpha value is -1.59. The number of nitrogens with two attached hydrogens (primary N) is 1. The summed E-state index contributed by atoms with van der Waals surface area (Å²) in [5, 5.41) is 11.5. The Morgan fingerprint density at radius 2 is 2.00 bits per heavy atom. The summed E-state index contributed by atoms with van der Waals surface area (Å²) >= 11 is 5.25. The first kappa shape index (κ1) is 12.4. The van der Waals surface area contributed by atoms with Crippen molar-refractivity contribution < 1.29 is 0 Å². The van der Waals surface area contributed by atoms with E-state index < -0.39 is 0 Å². The van der Waals surface area contributed by atoms with Gasteiger partial charge in [0, 0.05) is 21.0 Å². The minimum Gasteiger partial charge on any atom is -0.382 e. The number of aryl methyl sites for hydroxylation is 1. The lowest BCUT2D eigenvalue weighted by Gasteiger charge is -2.06. The van der Waals surface area contributed by atoms with Gasteiger partial charge in [0.1, 0.15) is 0 Å². The summed E-state index contributed by atoms with van der Waals surface area (Å²) < 4.78 is 1.01. The number of H-pyrrole nitrogens is 1. The highest BCUT2D eigenvalue weighted by atomic mass is 79.9. The van der Waals surface area contributed by atoms with E-state index in [-0.39, 0.29) is 0 Å². The second-order valence-electron chi connectivity index (χ2n) is 4.31. The maximum Gasteiger partial charge on any atom is 0.153 e. The molecule has 3 N–H and O–H groups in total. The van der Waals surface area contributed by atoms with Crippen molar-refractivity contribution in [1.29, 1.82) is 0 Å². The maximum absolute atomic E-state index is 6.04. The molecule has 0 radical (unpaired) electrons. The van der Waals surface area contributed by atoms with Crippen molar-refractivity contribution in [3.05, 3.63) is 45.1 Å². The summed E-state index contributed by atoms with van der Waals surface area (Å²) in [5.41, 5.74) is 11.4. The van der Waals surface area contributed by atoms with E-state index in [0.717, 1.165) is 26.9 Å². The van der Waals surface area contributed by atoms with Crippen LogP contribution in [0, 0.1) is 6.92 Å². The molecular weight excluding hydrogens is 322 g/mol. The lowest BCUT2D eigenvalue weighted by Crippen LogP contribution is -1.89. The number of nitrogens with one attached hydrogen (secondary N) is 1. The highest BCUT2D eigenvalue weighted by Crippen LogP contribution is 2.40. The van der Waals surface area contributed by atoms with Crippen LogP contribution in [0.4, 0.5) is 5.82 Å². The average Bonchev–Trinajstić information content (AvgIpc) is 2.96. The Balaban J connectivity index is 2.26. The van der Waals surface area contributed by atoms with Crippen LogP contribution in [-0.2, 0) is 0 Å². The van der Waals surface area contributed by atoms with E-state index >= 15 is 0 Å². The van der Waals surface area contributed by atoms with Crippen molar-refractivity contribution in [2.45, 2.75) is 6.92 Å². The van der Waals surface area contributed by atoms with Gasteiger partial charge in [-0.05, 0) is 23.9 Å². The number of rotatable bonds is 2. The number of nitrogens with zero attached hydrogens (tertiary/aromatic N) is 1. The monoisotopic (exact) mass is 333 g/mol. The van der Waals surface area contributed by atoms with Crippen LogP contribution in [-0.4, -0.2) is 10.2 Å². The quantitative estimate of drug-likeness (QED) is 0.727. The predicted octanol–water partition coefficient (Wildman–Crippen LogP) is 4.46. The third kappa shape index (κ3) is 2.09. The molecule has 0 aliphatic heterocycles. The molecule has 19 heavy (non-hydrogen) atoms. The number of halogens is 1. The van der Waals surface area contributed by atoms with Crippen LogP contribution in [0.5, 0.6) is 0 Å². The van der Waals surface area contributed by atoms with E-state index in [1.165, 1.54) is 5.56 Å². The van der Waals surface area contributed by atoms with E-state index in [1.54, 1.807) is 11.3 Å². The molecule has 0 aliphatic rings. The van der Waals surface area contributed by atoms with Crippen LogP contribution in [0.15, 0.2) is 39.5 Å². The minimum atomic E-state index is 0.521. The molecule has 0 unspecified atom stereocenters. The molecule has 2 aromatic heterocycles. The number of aromatic nitrogens is 2. The highest BCUT2D eigenvalue weighted by Gasteiger charge is 2.18. The molecule has 0 saturated heterocycles. The number of anilines is 1. The van der Waals surface area contributed by atoms with E-state index in [1.807, 2.05) is 24.3 Å². The molecule has 0 amide bonds. The van der Waals surface area contributed by atoms with E-state index in [4.69, 9.17) is 5.73 Å². The zero-order valence-electron chi connectivity index (χ0n) is 10.3. The van der Waals surface area contributed by atoms with Gasteiger partial charge in [-0.3, -0.25) is 5.10 Å². The van der Waals surface area contributed by atoms with Gasteiger partial charge in [0.2, 0.25) is 0 Å². The van der Waals surface area contributed by atoms with Gasteiger partial charge in [-0.1, -0.05) is 34.1 Å². The van der Waals surface area contributed by atoms with Crippen LogP contribution < -0.4 is 5.73 Å². The van der Waals surface area contributed by atoms with Crippen LogP contribution in [0.25, 0.3) is 22.4 Å². The molecule has 0 bridgehead atoms. The molecule has 0 atom stereocenters. The van der Waals surface area contributed by atoms with Crippen LogP contribution in [0.2, 0.25) is 0 Å². The molecule has 0 saturated carbocycles. The average molecular weight is 334 g/mol. The molecular formula is C14H12BrN3S. The lowest BCUT2D eigenvalue weighted by molar-refractivity contribution is 1.10. The molecule has 2 heterocycles. The smallest absolute Gasteiger partial charge is 0.153 e. The Bertz CT molecular complexity index is 730. The fraction of sp³-hybridized carbons (Fsp3) is 0.0714. The lowest BCUT2D eigenvalue weighted by atomic mass is 10.0. The minimum absolute atomic E-state index is 0.521.